The highest BCUT2D eigenvalue weighted by atomic mass is 16.5. The lowest BCUT2D eigenvalue weighted by Crippen LogP contribution is -2.53. The number of rotatable bonds is 4. The molecule has 2 rings (SSSR count). The summed E-state index contributed by atoms with van der Waals surface area (Å²) >= 11 is 0. The van der Waals surface area contributed by atoms with E-state index in [2.05, 4.69) is 0 Å². The third-order valence-electron chi connectivity index (χ3n) is 4.04. The molecule has 0 spiro atoms. The molecule has 0 bridgehead atoms. The third-order valence-corrected chi connectivity index (χ3v) is 4.04. The van der Waals surface area contributed by atoms with E-state index in [1.807, 2.05) is 19.9 Å². The number of benzene rings is 1. The maximum atomic E-state index is 12.5. The largest absolute Gasteiger partial charge is 0.481 e. The molecule has 0 N–H and O–H groups in total. The summed E-state index contributed by atoms with van der Waals surface area (Å²) in [5, 5.41) is 8.78. The van der Waals surface area contributed by atoms with E-state index in [4.69, 9.17) is 10.00 Å². The highest BCUT2D eigenvalue weighted by Crippen LogP contribution is 2.15. The Hall–Kier alpha value is -2.55. The van der Waals surface area contributed by atoms with E-state index < -0.39 is 6.10 Å². The van der Waals surface area contributed by atoms with E-state index in [9.17, 15) is 9.59 Å². The second kappa shape index (κ2) is 7.82. The first-order valence-electron chi connectivity index (χ1n) is 8.16. The van der Waals surface area contributed by atoms with E-state index in [0.717, 1.165) is 0 Å². The summed E-state index contributed by atoms with van der Waals surface area (Å²) in [7, 11) is 0. The van der Waals surface area contributed by atoms with Gasteiger partial charge in [0, 0.05) is 32.1 Å². The van der Waals surface area contributed by atoms with Crippen molar-refractivity contribution in [2.45, 2.75) is 26.9 Å². The summed E-state index contributed by atoms with van der Waals surface area (Å²) in [6.07, 6.45) is -0.606. The second-order valence-corrected chi connectivity index (χ2v) is 6.20. The third kappa shape index (κ3) is 4.25. The lowest BCUT2D eigenvalue weighted by Gasteiger charge is -2.36. The van der Waals surface area contributed by atoms with E-state index >= 15 is 0 Å². The fourth-order valence-corrected chi connectivity index (χ4v) is 2.63. The van der Waals surface area contributed by atoms with Gasteiger partial charge in [-0.3, -0.25) is 9.59 Å². The van der Waals surface area contributed by atoms with Crippen LogP contribution in [0.3, 0.4) is 0 Å². The van der Waals surface area contributed by atoms with Gasteiger partial charge in [-0.15, -0.1) is 0 Å². The molecule has 1 aromatic rings. The molecule has 128 valence electrons. The van der Waals surface area contributed by atoms with Gasteiger partial charge >= 0.3 is 0 Å². The molecule has 1 aliphatic rings. The van der Waals surface area contributed by atoms with Crippen molar-refractivity contribution in [1.82, 2.24) is 9.80 Å². The van der Waals surface area contributed by atoms with Crippen molar-refractivity contribution >= 4 is 11.8 Å². The van der Waals surface area contributed by atoms with Crippen molar-refractivity contribution in [1.29, 1.82) is 5.26 Å². The number of nitriles is 1. The molecule has 1 saturated heterocycles. The normalized spacial score (nSPS) is 15.8. The van der Waals surface area contributed by atoms with Crippen molar-refractivity contribution in [2.75, 3.05) is 26.2 Å². The minimum absolute atomic E-state index is 0.0223. The van der Waals surface area contributed by atoms with Gasteiger partial charge in [0.1, 0.15) is 5.75 Å². The van der Waals surface area contributed by atoms with Crippen molar-refractivity contribution in [3.63, 3.8) is 0 Å². The zero-order valence-electron chi connectivity index (χ0n) is 14.4. The number of hydrogen-bond acceptors (Lipinski definition) is 4. The van der Waals surface area contributed by atoms with Gasteiger partial charge in [-0.1, -0.05) is 13.8 Å². The van der Waals surface area contributed by atoms with Crippen LogP contribution >= 0.6 is 0 Å². The number of amides is 2. The fourth-order valence-electron chi connectivity index (χ4n) is 2.63. The van der Waals surface area contributed by atoms with Crippen molar-refractivity contribution in [3.8, 4) is 11.8 Å². The Balaban J connectivity index is 1.87. The minimum Gasteiger partial charge on any atom is -0.481 e. The average Bonchev–Trinajstić information content (AvgIpc) is 2.61. The zero-order valence-corrected chi connectivity index (χ0v) is 14.4. The summed E-state index contributed by atoms with van der Waals surface area (Å²) in [4.78, 5) is 28.0. The maximum Gasteiger partial charge on any atom is 0.263 e. The molecule has 2 amide bonds. The Labute approximate surface area is 142 Å². The van der Waals surface area contributed by atoms with Gasteiger partial charge in [-0.05, 0) is 31.2 Å². The van der Waals surface area contributed by atoms with Crippen LogP contribution in [0.4, 0.5) is 0 Å². The van der Waals surface area contributed by atoms with Gasteiger partial charge in [0.15, 0.2) is 6.10 Å². The highest BCUT2D eigenvalue weighted by molar-refractivity contribution is 5.82. The Morgan fingerprint density at radius 3 is 1.96 bits per heavy atom. The topological polar surface area (TPSA) is 73.6 Å². The minimum atomic E-state index is -0.606. The van der Waals surface area contributed by atoms with Crippen LogP contribution in [0, 0.1) is 17.2 Å². The Morgan fingerprint density at radius 2 is 1.50 bits per heavy atom. The van der Waals surface area contributed by atoms with E-state index in [-0.39, 0.29) is 17.7 Å². The molecule has 6 heteroatoms. The van der Waals surface area contributed by atoms with Crippen molar-refractivity contribution in [3.05, 3.63) is 29.8 Å². The number of piperazine rings is 1. The second-order valence-electron chi connectivity index (χ2n) is 6.20. The molecular formula is C18H23N3O3. The van der Waals surface area contributed by atoms with Crippen LogP contribution in [0.2, 0.25) is 0 Å². The molecule has 1 aromatic carbocycles. The molecule has 24 heavy (non-hydrogen) atoms. The fraction of sp³-hybridized carbons (Fsp3) is 0.500. The number of carbonyl (C=O) groups excluding carboxylic acids is 2. The molecule has 1 unspecified atom stereocenters. The van der Waals surface area contributed by atoms with Crippen LogP contribution in [0.15, 0.2) is 24.3 Å². The number of hydrogen-bond donors (Lipinski definition) is 0. The lowest BCUT2D eigenvalue weighted by atomic mass is 10.1. The number of ether oxygens (including phenoxy) is 1. The first kappa shape index (κ1) is 17.8. The van der Waals surface area contributed by atoms with Gasteiger partial charge in [0.2, 0.25) is 5.91 Å². The monoisotopic (exact) mass is 329 g/mol. The lowest BCUT2D eigenvalue weighted by molar-refractivity contribution is -0.144. The first-order chi connectivity index (χ1) is 11.4. The van der Waals surface area contributed by atoms with E-state index in [1.165, 1.54) is 0 Å². The maximum absolute atomic E-state index is 12.5. The molecule has 0 aliphatic carbocycles. The van der Waals surface area contributed by atoms with E-state index in [0.29, 0.717) is 37.5 Å². The van der Waals surface area contributed by atoms with Crippen LogP contribution in [0.25, 0.3) is 0 Å². The summed E-state index contributed by atoms with van der Waals surface area (Å²) in [5.41, 5.74) is 0.548. The summed E-state index contributed by atoms with van der Waals surface area (Å²) in [6, 6.07) is 8.72. The Bertz CT molecular complexity index is 626. The van der Waals surface area contributed by atoms with Crippen LogP contribution in [-0.2, 0) is 9.59 Å². The smallest absolute Gasteiger partial charge is 0.263 e. The molecule has 0 aromatic heterocycles. The Morgan fingerprint density at radius 1 is 1.00 bits per heavy atom. The summed E-state index contributed by atoms with van der Waals surface area (Å²) in [6.45, 7) is 7.66. The molecule has 1 atom stereocenters. The van der Waals surface area contributed by atoms with Crippen molar-refractivity contribution < 1.29 is 14.3 Å². The van der Waals surface area contributed by atoms with Gasteiger partial charge in [0.05, 0.1) is 11.6 Å². The number of carbonyl (C=O) groups is 2. The molecule has 0 saturated carbocycles. The Kier molecular flexibility index (Phi) is 5.80. The summed E-state index contributed by atoms with van der Waals surface area (Å²) < 4.78 is 5.66. The van der Waals surface area contributed by atoms with Crippen LogP contribution in [0.5, 0.6) is 5.75 Å². The SMILES string of the molecule is CC(C)C(=O)N1CCN(C(=O)C(C)Oc2ccc(C#N)cc2)CC1. The molecule has 0 radical (unpaired) electrons. The predicted octanol–water partition coefficient (Wildman–Crippen LogP) is 1.65. The quantitative estimate of drug-likeness (QED) is 0.842. The highest BCUT2D eigenvalue weighted by Gasteiger charge is 2.28. The van der Waals surface area contributed by atoms with Crippen LogP contribution in [0.1, 0.15) is 26.3 Å². The molecular weight excluding hydrogens is 306 g/mol. The van der Waals surface area contributed by atoms with Gasteiger partial charge in [0.25, 0.3) is 5.91 Å². The average molecular weight is 329 g/mol. The van der Waals surface area contributed by atoms with Crippen LogP contribution < -0.4 is 4.74 Å². The molecule has 1 fully saturated rings. The standard InChI is InChI=1S/C18H23N3O3/c1-13(2)17(22)20-8-10-21(11-9-20)18(23)14(3)24-16-6-4-15(12-19)5-7-16/h4-7,13-14H,8-11H2,1-3H3. The zero-order chi connectivity index (χ0) is 17.7. The predicted molar refractivity (Wildman–Crippen MR) is 89.2 cm³/mol. The van der Waals surface area contributed by atoms with Crippen LogP contribution in [-0.4, -0.2) is 53.9 Å². The molecule has 6 nitrogen and oxygen atoms in total. The first-order valence-corrected chi connectivity index (χ1v) is 8.16. The summed E-state index contributed by atoms with van der Waals surface area (Å²) in [5.74, 6) is 0.578. The molecule has 1 aliphatic heterocycles. The van der Waals surface area contributed by atoms with Gasteiger partial charge < -0.3 is 14.5 Å². The van der Waals surface area contributed by atoms with E-state index in [1.54, 1.807) is 41.0 Å². The van der Waals surface area contributed by atoms with Gasteiger partial charge in [-0.2, -0.15) is 5.26 Å². The van der Waals surface area contributed by atoms with Crippen molar-refractivity contribution in [2.24, 2.45) is 5.92 Å². The van der Waals surface area contributed by atoms with Gasteiger partial charge in [-0.25, -0.2) is 0 Å². The number of nitrogens with zero attached hydrogens (tertiary/aromatic N) is 3. The molecule has 1 heterocycles.